The van der Waals surface area contributed by atoms with Gasteiger partial charge in [-0.1, -0.05) is 12.1 Å². The second-order valence-electron chi connectivity index (χ2n) is 4.64. The van der Waals surface area contributed by atoms with Crippen LogP contribution in [0.2, 0.25) is 0 Å². The highest BCUT2D eigenvalue weighted by atomic mass is 32.1. The van der Waals surface area contributed by atoms with Gasteiger partial charge in [-0.25, -0.2) is 4.98 Å². The molecule has 0 spiro atoms. The van der Waals surface area contributed by atoms with Crippen molar-refractivity contribution in [3.05, 3.63) is 53.3 Å². The van der Waals surface area contributed by atoms with Gasteiger partial charge in [0.2, 0.25) is 0 Å². The summed E-state index contributed by atoms with van der Waals surface area (Å²) in [4.78, 5) is 8.86. The highest BCUT2D eigenvalue weighted by Gasteiger charge is 2.11. The minimum absolute atomic E-state index is 0.181. The van der Waals surface area contributed by atoms with Crippen LogP contribution in [0.25, 0.3) is 10.2 Å². The summed E-state index contributed by atoms with van der Waals surface area (Å²) in [5.74, 6) is 0. The number of thiazole rings is 1. The first kappa shape index (κ1) is 12.1. The summed E-state index contributed by atoms with van der Waals surface area (Å²) >= 11 is 1.73. The number of pyridine rings is 1. The topological polar surface area (TPSA) is 37.8 Å². The molecule has 3 rings (SSSR count). The van der Waals surface area contributed by atoms with Gasteiger partial charge in [0.1, 0.15) is 5.01 Å². The maximum atomic E-state index is 4.67. The molecule has 0 amide bonds. The van der Waals surface area contributed by atoms with E-state index >= 15 is 0 Å². The summed E-state index contributed by atoms with van der Waals surface area (Å²) < 4.78 is 1.23. The van der Waals surface area contributed by atoms with Gasteiger partial charge >= 0.3 is 0 Å². The van der Waals surface area contributed by atoms with Crippen molar-refractivity contribution in [3.8, 4) is 0 Å². The SMILES string of the molecule is Cc1cncc(NC(C)c2nc3ccccc3s2)c1. The maximum Gasteiger partial charge on any atom is 0.116 e. The summed E-state index contributed by atoms with van der Waals surface area (Å²) in [5, 5.41) is 4.55. The number of rotatable bonds is 3. The lowest BCUT2D eigenvalue weighted by Crippen LogP contribution is -2.06. The smallest absolute Gasteiger partial charge is 0.116 e. The standard InChI is InChI=1S/C15H15N3S/c1-10-7-12(9-16-8-10)17-11(2)15-18-13-5-3-4-6-14(13)19-15/h3-9,11,17H,1-2H3. The Kier molecular flexibility index (Phi) is 3.17. The van der Waals surface area contributed by atoms with Crippen LogP contribution in [0.3, 0.4) is 0 Å². The summed E-state index contributed by atoms with van der Waals surface area (Å²) in [6.07, 6.45) is 3.70. The van der Waals surface area contributed by atoms with Crippen LogP contribution in [0.15, 0.2) is 42.7 Å². The predicted molar refractivity (Wildman–Crippen MR) is 80.6 cm³/mol. The number of hydrogen-bond donors (Lipinski definition) is 1. The van der Waals surface area contributed by atoms with Crippen LogP contribution in [-0.2, 0) is 0 Å². The quantitative estimate of drug-likeness (QED) is 0.775. The molecule has 2 heterocycles. The van der Waals surface area contributed by atoms with E-state index in [1.165, 1.54) is 4.70 Å². The monoisotopic (exact) mass is 269 g/mol. The summed E-state index contributed by atoms with van der Waals surface area (Å²) in [5.41, 5.74) is 3.26. The molecule has 0 aliphatic rings. The fourth-order valence-corrected chi connectivity index (χ4v) is 2.99. The minimum Gasteiger partial charge on any atom is -0.375 e. The Morgan fingerprint density at radius 3 is 2.84 bits per heavy atom. The van der Waals surface area contributed by atoms with Gasteiger partial charge in [0.05, 0.1) is 21.9 Å². The first-order valence-corrected chi connectivity index (χ1v) is 7.08. The largest absolute Gasteiger partial charge is 0.375 e. The first-order valence-electron chi connectivity index (χ1n) is 6.26. The molecule has 1 unspecified atom stereocenters. The van der Waals surface area contributed by atoms with Gasteiger partial charge in [0, 0.05) is 12.4 Å². The fraction of sp³-hybridized carbons (Fsp3) is 0.200. The number of benzene rings is 1. The molecule has 0 saturated heterocycles. The molecule has 96 valence electrons. The number of para-hydroxylation sites is 1. The van der Waals surface area contributed by atoms with Crippen LogP contribution in [-0.4, -0.2) is 9.97 Å². The van der Waals surface area contributed by atoms with E-state index in [1.807, 2.05) is 31.5 Å². The lowest BCUT2D eigenvalue weighted by molar-refractivity contribution is 0.872. The average molecular weight is 269 g/mol. The van der Waals surface area contributed by atoms with Crippen LogP contribution in [0.1, 0.15) is 23.5 Å². The van der Waals surface area contributed by atoms with E-state index in [0.717, 1.165) is 21.8 Å². The number of fused-ring (bicyclic) bond motifs is 1. The Labute approximate surface area is 116 Å². The van der Waals surface area contributed by atoms with E-state index in [2.05, 4.69) is 40.4 Å². The molecule has 1 aromatic carbocycles. The molecule has 0 saturated carbocycles. The van der Waals surface area contributed by atoms with Crippen LogP contribution in [0, 0.1) is 6.92 Å². The second-order valence-corrected chi connectivity index (χ2v) is 5.70. The van der Waals surface area contributed by atoms with Gasteiger partial charge in [-0.3, -0.25) is 4.98 Å². The molecule has 3 nitrogen and oxygen atoms in total. The third kappa shape index (κ3) is 2.58. The van der Waals surface area contributed by atoms with Gasteiger partial charge in [-0.05, 0) is 37.6 Å². The number of aryl methyl sites for hydroxylation is 1. The van der Waals surface area contributed by atoms with Crippen molar-refractivity contribution < 1.29 is 0 Å². The lowest BCUT2D eigenvalue weighted by atomic mass is 10.2. The van der Waals surface area contributed by atoms with Crippen molar-refractivity contribution in [2.45, 2.75) is 19.9 Å². The zero-order valence-electron chi connectivity index (χ0n) is 10.9. The van der Waals surface area contributed by atoms with Crippen molar-refractivity contribution in [2.75, 3.05) is 5.32 Å². The molecule has 19 heavy (non-hydrogen) atoms. The number of hydrogen-bond acceptors (Lipinski definition) is 4. The zero-order chi connectivity index (χ0) is 13.2. The molecule has 3 aromatic rings. The molecule has 0 bridgehead atoms. The van der Waals surface area contributed by atoms with E-state index in [9.17, 15) is 0 Å². The molecule has 0 radical (unpaired) electrons. The Hall–Kier alpha value is -1.94. The van der Waals surface area contributed by atoms with Crippen molar-refractivity contribution in [3.63, 3.8) is 0 Å². The third-order valence-electron chi connectivity index (χ3n) is 2.94. The first-order chi connectivity index (χ1) is 9.22. The predicted octanol–water partition coefficient (Wildman–Crippen LogP) is 4.17. The molecular formula is C15H15N3S. The van der Waals surface area contributed by atoms with Crippen molar-refractivity contribution in [1.29, 1.82) is 0 Å². The van der Waals surface area contributed by atoms with Crippen LogP contribution < -0.4 is 5.32 Å². The second kappa shape index (κ2) is 4.97. The summed E-state index contributed by atoms with van der Waals surface area (Å²) in [7, 11) is 0. The maximum absolute atomic E-state index is 4.67. The summed E-state index contributed by atoms with van der Waals surface area (Å²) in [6.45, 7) is 4.17. The van der Waals surface area contributed by atoms with E-state index < -0.39 is 0 Å². The molecule has 0 fully saturated rings. The molecule has 0 aliphatic carbocycles. The molecule has 4 heteroatoms. The van der Waals surface area contributed by atoms with E-state index in [0.29, 0.717) is 0 Å². The fourth-order valence-electron chi connectivity index (χ4n) is 2.02. The van der Waals surface area contributed by atoms with Gasteiger partial charge in [-0.15, -0.1) is 11.3 Å². The highest BCUT2D eigenvalue weighted by Crippen LogP contribution is 2.28. The average Bonchev–Trinajstić information content (AvgIpc) is 2.82. The van der Waals surface area contributed by atoms with Gasteiger partial charge in [0.25, 0.3) is 0 Å². The Bertz CT molecular complexity index is 672. The third-order valence-corrected chi connectivity index (χ3v) is 4.16. The minimum atomic E-state index is 0.181. The number of nitrogens with one attached hydrogen (secondary N) is 1. The number of anilines is 1. The van der Waals surface area contributed by atoms with E-state index in [4.69, 9.17) is 0 Å². The van der Waals surface area contributed by atoms with Crippen molar-refractivity contribution in [1.82, 2.24) is 9.97 Å². The van der Waals surface area contributed by atoms with Crippen LogP contribution in [0.4, 0.5) is 5.69 Å². The Morgan fingerprint density at radius 2 is 2.05 bits per heavy atom. The summed E-state index contributed by atoms with van der Waals surface area (Å²) in [6, 6.07) is 10.5. The highest BCUT2D eigenvalue weighted by molar-refractivity contribution is 7.18. The normalized spacial score (nSPS) is 12.5. The van der Waals surface area contributed by atoms with Crippen LogP contribution in [0.5, 0.6) is 0 Å². The molecular weight excluding hydrogens is 254 g/mol. The van der Waals surface area contributed by atoms with Crippen LogP contribution >= 0.6 is 11.3 Å². The lowest BCUT2D eigenvalue weighted by Gasteiger charge is -2.12. The van der Waals surface area contributed by atoms with E-state index in [1.54, 1.807) is 11.3 Å². The van der Waals surface area contributed by atoms with E-state index in [-0.39, 0.29) is 6.04 Å². The molecule has 1 atom stereocenters. The van der Waals surface area contributed by atoms with Crippen molar-refractivity contribution in [2.24, 2.45) is 0 Å². The molecule has 0 aliphatic heterocycles. The Morgan fingerprint density at radius 1 is 1.21 bits per heavy atom. The number of nitrogens with zero attached hydrogens (tertiary/aromatic N) is 2. The zero-order valence-corrected chi connectivity index (χ0v) is 11.7. The Balaban J connectivity index is 1.85. The molecule has 2 aromatic heterocycles. The molecule has 1 N–H and O–H groups in total. The van der Waals surface area contributed by atoms with Gasteiger partial charge < -0.3 is 5.32 Å². The van der Waals surface area contributed by atoms with Gasteiger partial charge in [0.15, 0.2) is 0 Å². The number of aromatic nitrogens is 2. The van der Waals surface area contributed by atoms with Crippen molar-refractivity contribution >= 4 is 27.2 Å². The van der Waals surface area contributed by atoms with Gasteiger partial charge in [-0.2, -0.15) is 0 Å².